The number of hydrogen-bond acceptors (Lipinski definition) is 3. The number of amides is 1. The standard InChI is InChI=1S/C14H24N2O2/c1-10(9-15)11-5-7-12(8-6-11)16-13(17)18-14(2,3)4/h10-12H,5-8H2,1-4H3,(H,16,17). The molecule has 1 amide bonds. The van der Waals surface area contributed by atoms with Gasteiger partial charge in [-0.3, -0.25) is 0 Å². The van der Waals surface area contributed by atoms with E-state index >= 15 is 0 Å². The summed E-state index contributed by atoms with van der Waals surface area (Å²) in [5, 5.41) is 11.8. The van der Waals surface area contributed by atoms with Crippen LogP contribution in [0.4, 0.5) is 4.79 Å². The third kappa shape index (κ3) is 4.95. The summed E-state index contributed by atoms with van der Waals surface area (Å²) in [6.07, 6.45) is 3.57. The molecule has 1 aliphatic carbocycles. The highest BCUT2D eigenvalue weighted by atomic mass is 16.6. The van der Waals surface area contributed by atoms with Gasteiger partial charge in [-0.15, -0.1) is 0 Å². The molecule has 18 heavy (non-hydrogen) atoms. The lowest BCUT2D eigenvalue weighted by molar-refractivity contribution is 0.0485. The summed E-state index contributed by atoms with van der Waals surface area (Å²) >= 11 is 0. The number of carbonyl (C=O) groups is 1. The van der Waals surface area contributed by atoms with Crippen molar-refractivity contribution in [1.29, 1.82) is 5.26 Å². The first-order chi connectivity index (χ1) is 8.31. The van der Waals surface area contributed by atoms with Crippen LogP contribution in [0, 0.1) is 23.2 Å². The second-order valence-corrected chi connectivity index (χ2v) is 6.18. The van der Waals surface area contributed by atoms with Gasteiger partial charge in [-0.1, -0.05) is 0 Å². The van der Waals surface area contributed by atoms with Gasteiger partial charge in [-0.25, -0.2) is 4.79 Å². The number of hydrogen-bond donors (Lipinski definition) is 1. The molecule has 1 unspecified atom stereocenters. The normalized spacial score (nSPS) is 25.9. The predicted octanol–water partition coefficient (Wildman–Crippen LogP) is 3.23. The van der Waals surface area contributed by atoms with Gasteiger partial charge in [0.2, 0.25) is 0 Å². The first kappa shape index (κ1) is 14.8. The summed E-state index contributed by atoms with van der Waals surface area (Å²) < 4.78 is 5.23. The van der Waals surface area contributed by atoms with E-state index in [0.29, 0.717) is 5.92 Å². The second kappa shape index (κ2) is 6.08. The number of nitrogens with zero attached hydrogens (tertiary/aromatic N) is 1. The van der Waals surface area contributed by atoms with E-state index in [4.69, 9.17) is 10.00 Å². The monoisotopic (exact) mass is 252 g/mol. The van der Waals surface area contributed by atoms with Crippen molar-refractivity contribution in [2.45, 2.75) is 65.0 Å². The molecule has 1 rings (SSSR count). The molecule has 0 aromatic heterocycles. The zero-order chi connectivity index (χ0) is 13.8. The molecule has 0 aromatic carbocycles. The van der Waals surface area contributed by atoms with E-state index in [0.717, 1.165) is 25.7 Å². The van der Waals surface area contributed by atoms with Gasteiger partial charge >= 0.3 is 6.09 Å². The van der Waals surface area contributed by atoms with Crippen molar-refractivity contribution in [2.75, 3.05) is 0 Å². The minimum Gasteiger partial charge on any atom is -0.444 e. The summed E-state index contributed by atoms with van der Waals surface area (Å²) in [7, 11) is 0. The Morgan fingerprint density at radius 1 is 1.33 bits per heavy atom. The van der Waals surface area contributed by atoms with Crippen LogP contribution in [0.1, 0.15) is 53.4 Å². The Bertz CT molecular complexity index is 320. The maximum Gasteiger partial charge on any atom is 0.407 e. The molecule has 1 aliphatic rings. The SMILES string of the molecule is CC(C#N)C1CCC(NC(=O)OC(C)(C)C)CC1. The molecule has 1 saturated carbocycles. The zero-order valence-corrected chi connectivity index (χ0v) is 11.8. The van der Waals surface area contributed by atoms with Crippen LogP contribution in [0.15, 0.2) is 0 Å². The average Bonchev–Trinajstić information content (AvgIpc) is 2.26. The molecule has 4 heteroatoms. The summed E-state index contributed by atoms with van der Waals surface area (Å²) in [6.45, 7) is 7.56. The van der Waals surface area contributed by atoms with Gasteiger partial charge in [0.05, 0.1) is 6.07 Å². The van der Waals surface area contributed by atoms with Crippen molar-refractivity contribution in [2.24, 2.45) is 11.8 Å². The van der Waals surface area contributed by atoms with Crippen molar-refractivity contribution in [3.63, 3.8) is 0 Å². The van der Waals surface area contributed by atoms with Gasteiger partial charge in [-0.2, -0.15) is 5.26 Å². The van der Waals surface area contributed by atoms with E-state index < -0.39 is 5.60 Å². The molecule has 1 N–H and O–H groups in total. The molecule has 1 fully saturated rings. The number of alkyl carbamates (subject to hydrolysis) is 1. The van der Waals surface area contributed by atoms with Crippen LogP contribution in [0.25, 0.3) is 0 Å². The van der Waals surface area contributed by atoms with Gasteiger partial charge in [0, 0.05) is 12.0 Å². The molecule has 0 bridgehead atoms. The minimum atomic E-state index is -0.448. The fourth-order valence-corrected chi connectivity index (χ4v) is 2.34. The van der Waals surface area contributed by atoms with Crippen LogP contribution in [-0.4, -0.2) is 17.7 Å². The van der Waals surface area contributed by atoms with Crippen molar-refractivity contribution < 1.29 is 9.53 Å². The molecule has 102 valence electrons. The molecule has 0 aromatic rings. The van der Waals surface area contributed by atoms with Crippen LogP contribution in [0.2, 0.25) is 0 Å². The van der Waals surface area contributed by atoms with E-state index in [1.54, 1.807) is 0 Å². The number of nitriles is 1. The van der Waals surface area contributed by atoms with E-state index in [1.807, 2.05) is 27.7 Å². The molecular weight excluding hydrogens is 228 g/mol. The number of carbonyl (C=O) groups excluding carboxylic acids is 1. The second-order valence-electron chi connectivity index (χ2n) is 6.18. The molecular formula is C14H24N2O2. The highest BCUT2D eigenvalue weighted by Gasteiger charge is 2.27. The van der Waals surface area contributed by atoms with Gasteiger partial charge in [0.1, 0.15) is 5.60 Å². The number of nitrogens with one attached hydrogen (secondary N) is 1. The Kier molecular flexibility index (Phi) is 5.01. The topological polar surface area (TPSA) is 62.1 Å². The lowest BCUT2D eigenvalue weighted by Crippen LogP contribution is -2.41. The summed E-state index contributed by atoms with van der Waals surface area (Å²) in [6, 6.07) is 2.51. The minimum absolute atomic E-state index is 0.118. The largest absolute Gasteiger partial charge is 0.444 e. The summed E-state index contributed by atoms with van der Waals surface area (Å²) in [5.41, 5.74) is -0.448. The van der Waals surface area contributed by atoms with Crippen LogP contribution in [0.3, 0.4) is 0 Å². The van der Waals surface area contributed by atoms with Gasteiger partial charge in [-0.05, 0) is 59.3 Å². The smallest absolute Gasteiger partial charge is 0.407 e. The molecule has 0 aliphatic heterocycles. The van der Waals surface area contributed by atoms with Crippen LogP contribution >= 0.6 is 0 Å². The summed E-state index contributed by atoms with van der Waals surface area (Å²) in [5.74, 6) is 0.596. The Balaban J connectivity index is 2.32. The van der Waals surface area contributed by atoms with Crippen LogP contribution < -0.4 is 5.32 Å². The highest BCUT2D eigenvalue weighted by Crippen LogP contribution is 2.29. The Morgan fingerprint density at radius 3 is 2.33 bits per heavy atom. The third-order valence-electron chi connectivity index (χ3n) is 3.40. The Morgan fingerprint density at radius 2 is 1.89 bits per heavy atom. The molecule has 0 saturated heterocycles. The quantitative estimate of drug-likeness (QED) is 0.820. The molecule has 4 nitrogen and oxygen atoms in total. The average molecular weight is 252 g/mol. The van der Waals surface area contributed by atoms with Crippen molar-refractivity contribution in [3.05, 3.63) is 0 Å². The Hall–Kier alpha value is -1.24. The Labute approximate surface area is 110 Å². The zero-order valence-electron chi connectivity index (χ0n) is 11.8. The maximum absolute atomic E-state index is 11.6. The van der Waals surface area contributed by atoms with Crippen molar-refractivity contribution in [3.8, 4) is 6.07 Å². The summed E-state index contributed by atoms with van der Waals surface area (Å²) in [4.78, 5) is 11.6. The first-order valence-corrected chi connectivity index (χ1v) is 6.71. The first-order valence-electron chi connectivity index (χ1n) is 6.71. The van der Waals surface area contributed by atoms with E-state index in [-0.39, 0.29) is 18.1 Å². The maximum atomic E-state index is 11.6. The van der Waals surface area contributed by atoms with Crippen molar-refractivity contribution in [1.82, 2.24) is 5.32 Å². The van der Waals surface area contributed by atoms with E-state index in [1.165, 1.54) is 0 Å². The fourth-order valence-electron chi connectivity index (χ4n) is 2.34. The van der Waals surface area contributed by atoms with E-state index in [2.05, 4.69) is 11.4 Å². The van der Waals surface area contributed by atoms with Crippen LogP contribution in [0.5, 0.6) is 0 Å². The predicted molar refractivity (Wildman–Crippen MR) is 69.9 cm³/mol. The number of rotatable bonds is 2. The third-order valence-corrected chi connectivity index (χ3v) is 3.40. The highest BCUT2D eigenvalue weighted by molar-refractivity contribution is 5.68. The molecule has 1 atom stereocenters. The lowest BCUT2D eigenvalue weighted by atomic mass is 9.79. The molecule has 0 spiro atoms. The molecule has 0 heterocycles. The van der Waals surface area contributed by atoms with Gasteiger partial charge < -0.3 is 10.1 Å². The fraction of sp³-hybridized carbons (Fsp3) is 0.857. The molecule has 0 radical (unpaired) electrons. The van der Waals surface area contributed by atoms with E-state index in [9.17, 15) is 4.79 Å². The number of ether oxygens (including phenoxy) is 1. The van der Waals surface area contributed by atoms with Gasteiger partial charge in [0.25, 0.3) is 0 Å². The van der Waals surface area contributed by atoms with Gasteiger partial charge in [0.15, 0.2) is 0 Å². The van der Waals surface area contributed by atoms with Crippen LogP contribution in [-0.2, 0) is 4.74 Å². The van der Waals surface area contributed by atoms with Crippen molar-refractivity contribution >= 4 is 6.09 Å². The lowest BCUT2D eigenvalue weighted by Gasteiger charge is -2.31.